The zero-order valence-corrected chi connectivity index (χ0v) is 12.4. The van der Waals surface area contributed by atoms with Gasteiger partial charge in [-0.2, -0.15) is 6.41 Å². The molecule has 6 heteroatoms. The van der Waals surface area contributed by atoms with Gasteiger partial charge in [-0.1, -0.05) is 7.43 Å². The van der Waals surface area contributed by atoms with E-state index >= 15 is 0 Å². The molecular formula is C11H20N3O2Y-. The Morgan fingerprint density at radius 3 is 2.12 bits per heavy atom. The van der Waals surface area contributed by atoms with Gasteiger partial charge >= 0.3 is 0 Å². The van der Waals surface area contributed by atoms with Crippen molar-refractivity contribution < 1.29 is 42.3 Å². The molecule has 0 spiro atoms. The molecule has 0 saturated carbocycles. The molecule has 5 nitrogen and oxygen atoms in total. The van der Waals surface area contributed by atoms with Crippen molar-refractivity contribution in [2.75, 3.05) is 39.3 Å². The third-order valence-electron chi connectivity index (χ3n) is 3.27. The molecular weight excluding hydrogens is 295 g/mol. The van der Waals surface area contributed by atoms with Gasteiger partial charge in [0.2, 0.25) is 5.91 Å². The Labute approximate surface area is 128 Å². The summed E-state index contributed by atoms with van der Waals surface area (Å²) in [7, 11) is 0. The molecule has 2 heterocycles. The van der Waals surface area contributed by atoms with Gasteiger partial charge in [0.1, 0.15) is 0 Å². The number of rotatable bonds is 2. The van der Waals surface area contributed by atoms with E-state index in [2.05, 4.69) is 4.90 Å². The van der Waals surface area contributed by atoms with Crippen molar-refractivity contribution in [3.63, 3.8) is 0 Å². The van der Waals surface area contributed by atoms with Crippen LogP contribution in [0.3, 0.4) is 0 Å². The molecule has 2 aliphatic heterocycles. The zero-order chi connectivity index (χ0) is 10.8. The minimum Gasteiger partial charge on any atom is -0.520 e. The molecule has 0 aromatic heterocycles. The van der Waals surface area contributed by atoms with E-state index in [0.29, 0.717) is 6.04 Å². The summed E-state index contributed by atoms with van der Waals surface area (Å²) in [6, 6.07) is 0.503. The second-order valence-corrected chi connectivity index (χ2v) is 4.19. The Balaban J connectivity index is 0.00000128. The minimum atomic E-state index is 0. The molecule has 0 aliphatic carbocycles. The number of hydrogen-bond donors (Lipinski definition) is 0. The maximum absolute atomic E-state index is 11.0. The van der Waals surface area contributed by atoms with Crippen molar-refractivity contribution in [2.24, 2.45) is 0 Å². The average molecular weight is 315 g/mol. The second kappa shape index (κ2) is 7.44. The normalized spacial score (nSPS) is 21.0. The molecule has 0 bridgehead atoms. The van der Waals surface area contributed by atoms with Crippen molar-refractivity contribution in [1.29, 1.82) is 0 Å². The summed E-state index contributed by atoms with van der Waals surface area (Å²) in [6.45, 7) is 6.65. The molecule has 1 radical (unpaired) electrons. The van der Waals surface area contributed by atoms with Crippen molar-refractivity contribution >= 4 is 12.3 Å². The van der Waals surface area contributed by atoms with Crippen LogP contribution in [0.25, 0.3) is 0 Å². The molecule has 0 aromatic rings. The van der Waals surface area contributed by atoms with E-state index in [9.17, 15) is 9.59 Å². The van der Waals surface area contributed by atoms with Gasteiger partial charge in [0.15, 0.2) is 0 Å². The van der Waals surface area contributed by atoms with Crippen LogP contribution >= 0.6 is 0 Å². The summed E-state index contributed by atoms with van der Waals surface area (Å²) in [5, 5.41) is 0. The standard InChI is InChI=1S/C10H16N3O2.CH4.Y/c1-9(15)13-6-10(7-13)12-4-2-11(8-14)3-5-12;;/h10H,2-7H2,1H3;1H4;/q-1;;. The summed E-state index contributed by atoms with van der Waals surface area (Å²) >= 11 is 0. The van der Waals surface area contributed by atoms with Crippen LogP contribution in [0.5, 0.6) is 0 Å². The van der Waals surface area contributed by atoms with E-state index in [0.717, 1.165) is 39.3 Å². The van der Waals surface area contributed by atoms with Crippen molar-refractivity contribution in [3.05, 3.63) is 0 Å². The van der Waals surface area contributed by atoms with E-state index in [1.54, 1.807) is 11.8 Å². The third-order valence-corrected chi connectivity index (χ3v) is 3.27. The van der Waals surface area contributed by atoms with Crippen molar-refractivity contribution in [1.82, 2.24) is 14.7 Å². The van der Waals surface area contributed by atoms with E-state index in [1.165, 1.54) is 0 Å². The van der Waals surface area contributed by atoms with Crippen molar-refractivity contribution in [3.8, 4) is 0 Å². The first-order valence-corrected chi connectivity index (χ1v) is 5.33. The van der Waals surface area contributed by atoms with E-state index in [-0.39, 0.29) is 46.0 Å². The van der Waals surface area contributed by atoms with Crippen LogP contribution in [0, 0.1) is 0 Å². The zero-order valence-electron chi connectivity index (χ0n) is 9.56. The van der Waals surface area contributed by atoms with Crippen LogP contribution in [0.15, 0.2) is 0 Å². The summed E-state index contributed by atoms with van der Waals surface area (Å²) in [5.41, 5.74) is 0. The predicted molar refractivity (Wildman–Crippen MR) is 61.6 cm³/mol. The molecule has 0 N–H and O–H groups in total. The maximum Gasteiger partial charge on any atom is 0.219 e. The molecule has 2 amide bonds. The SMILES string of the molecule is C.CC(=O)N1CC(N2CCN([C-]=O)CC2)C1.[Y]. The fraction of sp³-hybridized carbons (Fsp3) is 0.818. The Bertz CT molecular complexity index is 261. The van der Waals surface area contributed by atoms with Gasteiger partial charge in [0.25, 0.3) is 0 Å². The molecule has 2 rings (SSSR count). The number of amides is 2. The van der Waals surface area contributed by atoms with Gasteiger partial charge in [0.05, 0.1) is 0 Å². The summed E-state index contributed by atoms with van der Waals surface area (Å²) in [4.78, 5) is 27.3. The number of hydrogen-bond acceptors (Lipinski definition) is 3. The van der Waals surface area contributed by atoms with Crippen LogP contribution < -0.4 is 0 Å². The fourth-order valence-electron chi connectivity index (χ4n) is 2.12. The second-order valence-electron chi connectivity index (χ2n) is 4.19. The average Bonchev–Trinajstić information content (AvgIpc) is 2.16. The number of carbonyl (C=O) groups is 1. The summed E-state index contributed by atoms with van der Waals surface area (Å²) < 4.78 is 0. The van der Waals surface area contributed by atoms with Gasteiger partial charge in [-0.15, -0.1) is 0 Å². The molecule has 17 heavy (non-hydrogen) atoms. The Morgan fingerprint density at radius 1 is 1.18 bits per heavy atom. The topological polar surface area (TPSA) is 43.9 Å². The number of nitrogens with zero attached hydrogens (tertiary/aromatic N) is 3. The smallest absolute Gasteiger partial charge is 0.219 e. The van der Waals surface area contributed by atoms with Crippen LogP contribution in [0.4, 0.5) is 0 Å². The maximum atomic E-state index is 11.0. The van der Waals surface area contributed by atoms with Gasteiger partial charge in [-0.05, 0) is 0 Å². The van der Waals surface area contributed by atoms with E-state index in [4.69, 9.17) is 0 Å². The molecule has 0 unspecified atom stereocenters. The van der Waals surface area contributed by atoms with Gasteiger partial charge in [-0.3, -0.25) is 9.69 Å². The Hall–Kier alpha value is 0.00390. The fourth-order valence-corrected chi connectivity index (χ4v) is 2.12. The summed E-state index contributed by atoms with van der Waals surface area (Å²) in [5.74, 6) is 0.158. The van der Waals surface area contributed by atoms with Gasteiger partial charge < -0.3 is 14.6 Å². The first-order valence-electron chi connectivity index (χ1n) is 5.33. The van der Waals surface area contributed by atoms with Gasteiger partial charge in [-0.25, -0.2) is 0 Å². The minimum absolute atomic E-state index is 0. The van der Waals surface area contributed by atoms with Crippen molar-refractivity contribution in [2.45, 2.75) is 20.4 Å². The molecule has 0 atom stereocenters. The third kappa shape index (κ3) is 4.00. The predicted octanol–water partition coefficient (Wildman–Crippen LogP) is -0.464. The number of carbonyl (C=O) groups excluding carboxylic acids is 2. The number of piperazine rings is 1. The molecule has 95 valence electrons. The Kier molecular flexibility index (Phi) is 7.44. The van der Waals surface area contributed by atoms with Crippen LogP contribution in [-0.2, 0) is 42.3 Å². The van der Waals surface area contributed by atoms with Gasteiger partial charge in [0, 0.05) is 84.9 Å². The van der Waals surface area contributed by atoms with E-state index < -0.39 is 0 Å². The van der Waals surface area contributed by atoms with E-state index in [1.807, 2.05) is 11.3 Å². The monoisotopic (exact) mass is 315 g/mol. The van der Waals surface area contributed by atoms with Crippen LogP contribution in [0.2, 0.25) is 0 Å². The number of likely N-dealkylation sites (tertiary alicyclic amines) is 1. The molecule has 2 aliphatic rings. The largest absolute Gasteiger partial charge is 0.520 e. The summed E-state index contributed by atoms with van der Waals surface area (Å²) in [6.07, 6.45) is 1.92. The Morgan fingerprint density at radius 2 is 1.71 bits per heavy atom. The molecule has 2 saturated heterocycles. The van der Waals surface area contributed by atoms with Crippen LogP contribution in [-0.4, -0.2) is 72.3 Å². The molecule has 0 aromatic carbocycles. The quantitative estimate of drug-likeness (QED) is 0.648. The first kappa shape index (κ1) is 17.0. The van der Waals surface area contributed by atoms with Crippen LogP contribution in [0.1, 0.15) is 14.4 Å². The first-order chi connectivity index (χ1) is 7.20. The molecule has 2 fully saturated rings.